The quantitative estimate of drug-likeness (QED) is 0.458. The van der Waals surface area contributed by atoms with Crippen molar-refractivity contribution in [2.45, 2.75) is 39.3 Å². The molecule has 0 aromatic heterocycles. The van der Waals surface area contributed by atoms with Crippen molar-refractivity contribution in [3.05, 3.63) is 29.8 Å². The van der Waals surface area contributed by atoms with E-state index in [4.69, 9.17) is 0 Å². The van der Waals surface area contributed by atoms with Gasteiger partial charge in [0.15, 0.2) is 5.96 Å². The van der Waals surface area contributed by atoms with Crippen molar-refractivity contribution < 1.29 is 18.3 Å². The van der Waals surface area contributed by atoms with Crippen molar-refractivity contribution in [1.29, 1.82) is 0 Å². The van der Waals surface area contributed by atoms with Gasteiger partial charge in [-0.3, -0.25) is 9.69 Å². The molecule has 9 heteroatoms. The van der Waals surface area contributed by atoms with E-state index in [0.717, 1.165) is 45.6 Å². The summed E-state index contributed by atoms with van der Waals surface area (Å²) < 4.78 is 29.7. The van der Waals surface area contributed by atoms with Crippen molar-refractivity contribution in [3.63, 3.8) is 0 Å². The van der Waals surface area contributed by atoms with E-state index in [1.165, 1.54) is 12.5 Å². The van der Waals surface area contributed by atoms with Crippen molar-refractivity contribution in [2.24, 2.45) is 10.9 Å². The fourth-order valence-corrected chi connectivity index (χ4v) is 3.79. The van der Waals surface area contributed by atoms with Crippen LogP contribution >= 0.6 is 0 Å². The summed E-state index contributed by atoms with van der Waals surface area (Å²) in [5.41, 5.74) is 0.604. The van der Waals surface area contributed by atoms with E-state index in [-0.39, 0.29) is 18.2 Å². The Labute approximate surface area is 182 Å². The number of carbonyl (C=O) groups excluding carboxylic acids is 1. The highest BCUT2D eigenvalue weighted by Crippen LogP contribution is 2.28. The van der Waals surface area contributed by atoms with Gasteiger partial charge in [-0.05, 0) is 25.8 Å². The van der Waals surface area contributed by atoms with E-state index in [9.17, 15) is 13.6 Å². The van der Waals surface area contributed by atoms with Gasteiger partial charge in [-0.2, -0.15) is 8.78 Å². The molecule has 1 saturated heterocycles. The zero-order chi connectivity index (χ0) is 22.1. The number of nitrogens with zero attached hydrogens (tertiary/aromatic N) is 3. The Morgan fingerprint density at radius 2 is 1.94 bits per heavy atom. The summed E-state index contributed by atoms with van der Waals surface area (Å²) in [7, 11) is 0. The third-order valence-corrected chi connectivity index (χ3v) is 5.80. The number of piperazine rings is 1. The molecule has 1 amide bonds. The third kappa shape index (κ3) is 7.05. The minimum Gasteiger partial charge on any atom is -0.434 e. The van der Waals surface area contributed by atoms with Crippen LogP contribution in [-0.2, 0) is 11.3 Å². The molecule has 31 heavy (non-hydrogen) atoms. The molecule has 0 unspecified atom stereocenters. The SMILES string of the molecule is CCNC(=NCc1ccccc1OC(F)F)NCCN1CCN(C(=O)C2CCC2)CC1. The van der Waals surface area contributed by atoms with Gasteiger partial charge in [-0.25, -0.2) is 4.99 Å². The number of aliphatic imine (C=N–C) groups is 1. The number of nitrogens with one attached hydrogen (secondary N) is 2. The average Bonchev–Trinajstić information content (AvgIpc) is 2.72. The molecule has 1 aromatic carbocycles. The van der Waals surface area contributed by atoms with Crippen LogP contribution in [0, 0.1) is 5.92 Å². The molecule has 1 aromatic rings. The van der Waals surface area contributed by atoms with E-state index in [1.807, 2.05) is 11.8 Å². The zero-order valence-electron chi connectivity index (χ0n) is 18.2. The first kappa shape index (κ1) is 23.2. The molecule has 172 valence electrons. The predicted molar refractivity (Wildman–Crippen MR) is 116 cm³/mol. The predicted octanol–water partition coefficient (Wildman–Crippen LogP) is 2.29. The Balaban J connectivity index is 1.43. The molecule has 0 radical (unpaired) electrons. The van der Waals surface area contributed by atoms with Crippen molar-refractivity contribution in [3.8, 4) is 5.75 Å². The molecule has 2 aliphatic rings. The summed E-state index contributed by atoms with van der Waals surface area (Å²) in [5, 5.41) is 6.47. The third-order valence-electron chi connectivity index (χ3n) is 5.80. The minimum absolute atomic E-state index is 0.145. The van der Waals surface area contributed by atoms with E-state index in [1.54, 1.807) is 18.2 Å². The number of ether oxygens (including phenoxy) is 1. The fraction of sp³-hybridized carbons (Fsp3) is 0.636. The first-order valence-corrected chi connectivity index (χ1v) is 11.1. The molecule has 1 saturated carbocycles. The van der Waals surface area contributed by atoms with Crippen molar-refractivity contribution >= 4 is 11.9 Å². The molecule has 7 nitrogen and oxygen atoms in total. The zero-order valence-corrected chi connectivity index (χ0v) is 18.2. The van der Waals surface area contributed by atoms with Crippen LogP contribution in [0.3, 0.4) is 0 Å². The number of hydrogen-bond donors (Lipinski definition) is 2. The second-order valence-corrected chi connectivity index (χ2v) is 7.90. The highest BCUT2D eigenvalue weighted by molar-refractivity contribution is 5.80. The number of carbonyl (C=O) groups is 1. The fourth-order valence-electron chi connectivity index (χ4n) is 3.79. The number of para-hydroxylation sites is 1. The molecule has 1 aliphatic carbocycles. The molecule has 0 atom stereocenters. The Morgan fingerprint density at radius 1 is 1.19 bits per heavy atom. The second-order valence-electron chi connectivity index (χ2n) is 7.90. The second kappa shape index (κ2) is 11.8. The van der Waals surface area contributed by atoms with E-state index < -0.39 is 6.61 Å². The number of amides is 1. The van der Waals surface area contributed by atoms with Gasteiger partial charge in [-0.15, -0.1) is 0 Å². The average molecular weight is 438 g/mol. The van der Waals surface area contributed by atoms with Crippen molar-refractivity contribution in [2.75, 3.05) is 45.8 Å². The summed E-state index contributed by atoms with van der Waals surface area (Å²) in [6, 6.07) is 6.69. The Morgan fingerprint density at radius 3 is 2.58 bits per heavy atom. The van der Waals surface area contributed by atoms with Gasteiger partial charge < -0.3 is 20.3 Å². The van der Waals surface area contributed by atoms with Crippen molar-refractivity contribution in [1.82, 2.24) is 20.4 Å². The highest BCUT2D eigenvalue weighted by Gasteiger charge is 2.30. The number of halogens is 2. The number of benzene rings is 1. The Hall–Kier alpha value is -2.42. The van der Waals surface area contributed by atoms with Crippen LogP contribution in [0.5, 0.6) is 5.75 Å². The molecular formula is C22H33F2N5O2. The van der Waals surface area contributed by atoms with Gasteiger partial charge in [0.1, 0.15) is 5.75 Å². The van der Waals surface area contributed by atoms with Gasteiger partial charge >= 0.3 is 6.61 Å². The molecule has 2 N–H and O–H groups in total. The van der Waals surface area contributed by atoms with E-state index in [0.29, 0.717) is 30.5 Å². The smallest absolute Gasteiger partial charge is 0.387 e. The molecule has 0 spiro atoms. The number of rotatable bonds is 9. The lowest BCUT2D eigenvalue weighted by atomic mass is 9.84. The summed E-state index contributed by atoms with van der Waals surface area (Å²) in [5.74, 6) is 1.38. The summed E-state index contributed by atoms with van der Waals surface area (Å²) >= 11 is 0. The maximum atomic E-state index is 12.6. The van der Waals surface area contributed by atoms with Crippen LogP contribution in [-0.4, -0.2) is 74.1 Å². The van der Waals surface area contributed by atoms with E-state index in [2.05, 4.69) is 25.3 Å². The Kier molecular flexibility index (Phi) is 8.87. The summed E-state index contributed by atoms with van der Waals surface area (Å²) in [6.07, 6.45) is 3.28. The van der Waals surface area contributed by atoms with Gasteiger partial charge in [0.25, 0.3) is 0 Å². The van der Waals surface area contributed by atoms with Crippen LogP contribution in [0.4, 0.5) is 8.78 Å². The first-order valence-electron chi connectivity index (χ1n) is 11.1. The molecule has 1 heterocycles. The number of hydrogen-bond acceptors (Lipinski definition) is 4. The van der Waals surface area contributed by atoms with Gasteiger partial charge in [-0.1, -0.05) is 24.6 Å². The lowest BCUT2D eigenvalue weighted by Gasteiger charge is -2.38. The number of guanidine groups is 1. The first-order chi connectivity index (χ1) is 15.1. The molecule has 0 bridgehead atoms. The largest absolute Gasteiger partial charge is 0.434 e. The van der Waals surface area contributed by atoms with Gasteiger partial charge in [0.2, 0.25) is 5.91 Å². The van der Waals surface area contributed by atoms with Crippen LogP contribution < -0.4 is 15.4 Å². The monoisotopic (exact) mass is 437 g/mol. The molecular weight excluding hydrogens is 404 g/mol. The summed E-state index contributed by atoms with van der Waals surface area (Å²) in [6.45, 7) is 4.96. The molecule has 3 rings (SSSR count). The highest BCUT2D eigenvalue weighted by atomic mass is 19.3. The van der Waals surface area contributed by atoms with Crippen LogP contribution in [0.25, 0.3) is 0 Å². The van der Waals surface area contributed by atoms with Crippen LogP contribution in [0.1, 0.15) is 31.7 Å². The Bertz CT molecular complexity index is 734. The molecule has 1 aliphatic heterocycles. The van der Waals surface area contributed by atoms with Crippen LogP contribution in [0.15, 0.2) is 29.3 Å². The van der Waals surface area contributed by atoms with E-state index >= 15 is 0 Å². The maximum absolute atomic E-state index is 12.6. The standard InChI is InChI=1S/C22H33F2N5O2/c1-2-25-22(27-16-18-6-3-4-9-19(18)31-21(23)24)26-10-11-28-12-14-29(15-13-28)20(30)17-7-5-8-17/h3-4,6,9,17,21H,2,5,7-8,10-16H2,1H3,(H2,25,26,27). The summed E-state index contributed by atoms with van der Waals surface area (Å²) in [4.78, 5) is 21.2. The van der Waals surface area contributed by atoms with Crippen LogP contribution in [0.2, 0.25) is 0 Å². The topological polar surface area (TPSA) is 69.2 Å². The van der Waals surface area contributed by atoms with Gasteiger partial charge in [0, 0.05) is 57.3 Å². The normalized spacial score (nSPS) is 18.1. The van der Waals surface area contributed by atoms with Gasteiger partial charge in [0.05, 0.1) is 6.54 Å². The minimum atomic E-state index is -2.86. The molecule has 2 fully saturated rings. The number of alkyl halides is 2. The maximum Gasteiger partial charge on any atom is 0.387 e. The lowest BCUT2D eigenvalue weighted by molar-refractivity contribution is -0.139. The lowest BCUT2D eigenvalue weighted by Crippen LogP contribution is -2.52.